The molecule has 4 heterocycles. The van der Waals surface area contributed by atoms with E-state index in [-0.39, 0.29) is 0 Å². The zero-order valence-corrected chi connectivity index (χ0v) is 11.5. The van der Waals surface area contributed by atoms with Gasteiger partial charge in [0.15, 0.2) is 0 Å². The number of anilines is 1. The Hall–Kier alpha value is -2.75. The molecule has 0 bridgehead atoms. The second-order valence-corrected chi connectivity index (χ2v) is 5.01. The smallest absolute Gasteiger partial charge is 0.0914 e. The number of aromatic nitrogens is 3. The topological polar surface area (TPSA) is 41.7 Å². The minimum absolute atomic E-state index is 0.887. The second-order valence-electron chi connectivity index (χ2n) is 5.01. The molecule has 21 heavy (non-hydrogen) atoms. The molecule has 1 aliphatic heterocycles. The van der Waals surface area contributed by atoms with Gasteiger partial charge < -0.3 is 4.90 Å². The average Bonchev–Trinajstić information content (AvgIpc) is 3.41. The highest BCUT2D eigenvalue weighted by Gasteiger charge is 2.20. The summed E-state index contributed by atoms with van der Waals surface area (Å²) in [5.74, 6) is 0. The Balaban J connectivity index is 1.86. The van der Waals surface area contributed by atoms with Crippen LogP contribution >= 0.6 is 0 Å². The zero-order chi connectivity index (χ0) is 14.1. The lowest BCUT2D eigenvalue weighted by molar-refractivity contribution is 1.21. The van der Waals surface area contributed by atoms with Crippen LogP contribution in [0.25, 0.3) is 22.8 Å². The fourth-order valence-electron chi connectivity index (χ4n) is 2.30. The quantitative estimate of drug-likeness (QED) is 0.688. The van der Waals surface area contributed by atoms with Crippen molar-refractivity contribution >= 4 is 5.69 Å². The number of pyridine rings is 3. The normalized spacial score (nSPS) is 13.2. The van der Waals surface area contributed by atoms with Crippen LogP contribution in [0, 0.1) is 0 Å². The summed E-state index contributed by atoms with van der Waals surface area (Å²) in [4.78, 5) is 15.8. The largest absolute Gasteiger partial charge is 0.368 e. The monoisotopic (exact) mass is 274 g/mol. The highest BCUT2D eigenvalue weighted by Crippen LogP contribution is 2.29. The van der Waals surface area contributed by atoms with Crippen LogP contribution in [0.2, 0.25) is 0 Å². The third-order valence-electron chi connectivity index (χ3n) is 3.48. The molecule has 0 aromatic carbocycles. The third-order valence-corrected chi connectivity index (χ3v) is 3.48. The number of hydrogen-bond donors (Lipinski definition) is 0. The van der Waals surface area contributed by atoms with Crippen LogP contribution in [0.1, 0.15) is 0 Å². The Morgan fingerprint density at radius 2 is 1.29 bits per heavy atom. The molecule has 3 aromatic rings. The lowest BCUT2D eigenvalue weighted by atomic mass is 10.1. The maximum absolute atomic E-state index is 4.73. The molecule has 0 amide bonds. The Morgan fingerprint density at radius 1 is 0.714 bits per heavy atom. The van der Waals surface area contributed by atoms with Gasteiger partial charge in [0.1, 0.15) is 0 Å². The lowest BCUT2D eigenvalue weighted by Crippen LogP contribution is -1.97. The van der Waals surface area contributed by atoms with E-state index < -0.39 is 0 Å². The molecule has 4 rings (SSSR count). The van der Waals surface area contributed by atoms with Crippen molar-refractivity contribution in [2.75, 3.05) is 18.0 Å². The highest BCUT2D eigenvalue weighted by atomic mass is 15.3. The molecule has 3 aromatic heterocycles. The van der Waals surface area contributed by atoms with Crippen LogP contribution in [0.15, 0.2) is 60.9 Å². The maximum atomic E-state index is 4.73. The van der Waals surface area contributed by atoms with E-state index in [2.05, 4.69) is 27.0 Å². The summed E-state index contributed by atoms with van der Waals surface area (Å²) in [7, 11) is 0. The minimum atomic E-state index is 0.887. The summed E-state index contributed by atoms with van der Waals surface area (Å²) in [5, 5.41) is 0. The van der Waals surface area contributed by atoms with E-state index >= 15 is 0 Å². The van der Waals surface area contributed by atoms with Crippen molar-refractivity contribution in [2.24, 2.45) is 0 Å². The highest BCUT2D eigenvalue weighted by molar-refractivity contribution is 5.70. The van der Waals surface area contributed by atoms with Gasteiger partial charge in [-0.3, -0.25) is 9.97 Å². The number of rotatable bonds is 3. The van der Waals surface area contributed by atoms with Crippen LogP contribution in [-0.4, -0.2) is 28.0 Å². The summed E-state index contributed by atoms with van der Waals surface area (Å²) in [6.07, 6.45) is 3.59. The van der Waals surface area contributed by atoms with Gasteiger partial charge in [0.05, 0.1) is 22.8 Å². The van der Waals surface area contributed by atoms with Gasteiger partial charge in [0.2, 0.25) is 0 Å². The first-order chi connectivity index (χ1) is 10.4. The SMILES string of the molecule is c1ccc(-c2cc(N3CC3)cc(-c3ccccn3)n2)nc1. The van der Waals surface area contributed by atoms with Crippen molar-refractivity contribution in [3.8, 4) is 22.8 Å². The summed E-state index contributed by atoms with van der Waals surface area (Å²) in [5.41, 5.74) is 4.74. The van der Waals surface area contributed by atoms with Crippen molar-refractivity contribution in [3.63, 3.8) is 0 Å². The standard InChI is InChI=1S/C17H14N4/c1-3-7-18-14(5-1)16-11-13(21-9-10-21)12-17(20-16)15-6-2-4-8-19-15/h1-8,11-12H,9-10H2. The van der Waals surface area contributed by atoms with E-state index in [1.807, 2.05) is 36.4 Å². The minimum Gasteiger partial charge on any atom is -0.368 e. The van der Waals surface area contributed by atoms with Gasteiger partial charge in [0.25, 0.3) is 0 Å². The zero-order valence-electron chi connectivity index (χ0n) is 11.5. The average molecular weight is 274 g/mol. The van der Waals surface area contributed by atoms with Crippen molar-refractivity contribution in [1.29, 1.82) is 0 Å². The Kier molecular flexibility index (Phi) is 2.85. The molecule has 0 aliphatic carbocycles. The predicted octanol–water partition coefficient (Wildman–Crippen LogP) is 3.03. The van der Waals surface area contributed by atoms with Gasteiger partial charge in [-0.05, 0) is 36.4 Å². The first kappa shape index (κ1) is 12.0. The molecule has 0 saturated carbocycles. The number of hydrogen-bond acceptors (Lipinski definition) is 4. The van der Waals surface area contributed by atoms with Gasteiger partial charge in [-0.2, -0.15) is 0 Å². The van der Waals surface area contributed by atoms with Crippen LogP contribution in [0.3, 0.4) is 0 Å². The van der Waals surface area contributed by atoms with Crippen molar-refractivity contribution in [1.82, 2.24) is 15.0 Å². The summed E-state index contributed by atoms with van der Waals surface area (Å²) in [6, 6.07) is 16.0. The number of nitrogens with zero attached hydrogens (tertiary/aromatic N) is 4. The van der Waals surface area contributed by atoms with Gasteiger partial charge in [-0.1, -0.05) is 12.1 Å². The maximum Gasteiger partial charge on any atom is 0.0914 e. The van der Waals surface area contributed by atoms with Gasteiger partial charge in [-0.15, -0.1) is 0 Å². The molecule has 1 fully saturated rings. The molecule has 0 unspecified atom stereocenters. The molecular formula is C17H14N4. The third kappa shape index (κ3) is 2.48. The Labute approximate surface area is 123 Å². The fourth-order valence-corrected chi connectivity index (χ4v) is 2.30. The van der Waals surface area contributed by atoms with Crippen LogP contribution in [-0.2, 0) is 0 Å². The van der Waals surface area contributed by atoms with Crippen LogP contribution in [0.5, 0.6) is 0 Å². The van der Waals surface area contributed by atoms with Gasteiger partial charge >= 0.3 is 0 Å². The molecular weight excluding hydrogens is 260 g/mol. The summed E-state index contributed by atoms with van der Waals surface area (Å²) in [6.45, 7) is 2.21. The first-order valence-electron chi connectivity index (χ1n) is 7.00. The lowest BCUT2D eigenvalue weighted by Gasteiger charge is -2.09. The van der Waals surface area contributed by atoms with Crippen LogP contribution < -0.4 is 4.90 Å². The second kappa shape index (κ2) is 4.98. The molecule has 0 radical (unpaired) electrons. The molecule has 0 atom stereocenters. The molecule has 0 spiro atoms. The first-order valence-corrected chi connectivity index (χ1v) is 7.00. The molecule has 102 valence electrons. The summed E-state index contributed by atoms with van der Waals surface area (Å²) >= 11 is 0. The Bertz CT molecular complexity index is 695. The molecule has 1 saturated heterocycles. The van der Waals surface area contributed by atoms with E-state index in [9.17, 15) is 0 Å². The van der Waals surface area contributed by atoms with Crippen molar-refractivity contribution in [3.05, 3.63) is 60.9 Å². The van der Waals surface area contributed by atoms with Crippen molar-refractivity contribution in [2.45, 2.75) is 0 Å². The molecule has 4 heteroatoms. The van der Waals surface area contributed by atoms with E-state index in [1.54, 1.807) is 12.4 Å². The molecule has 0 N–H and O–H groups in total. The van der Waals surface area contributed by atoms with Crippen LogP contribution in [0.4, 0.5) is 5.69 Å². The van der Waals surface area contributed by atoms with E-state index in [4.69, 9.17) is 4.98 Å². The molecule has 4 nitrogen and oxygen atoms in total. The van der Waals surface area contributed by atoms with Gasteiger partial charge in [0, 0.05) is 31.2 Å². The fraction of sp³-hybridized carbons (Fsp3) is 0.118. The van der Waals surface area contributed by atoms with E-state index in [0.29, 0.717) is 0 Å². The molecule has 1 aliphatic rings. The van der Waals surface area contributed by atoms with E-state index in [0.717, 1.165) is 35.9 Å². The predicted molar refractivity (Wildman–Crippen MR) is 82.9 cm³/mol. The van der Waals surface area contributed by atoms with Crippen molar-refractivity contribution < 1.29 is 0 Å². The Morgan fingerprint density at radius 3 is 1.71 bits per heavy atom. The van der Waals surface area contributed by atoms with Gasteiger partial charge in [-0.25, -0.2) is 4.98 Å². The van der Waals surface area contributed by atoms with E-state index in [1.165, 1.54) is 5.69 Å². The summed E-state index contributed by atoms with van der Waals surface area (Å²) < 4.78 is 0.